The van der Waals surface area contributed by atoms with Crippen molar-refractivity contribution in [3.63, 3.8) is 0 Å². The number of carbonyl (C=O) groups is 1. The fourth-order valence-corrected chi connectivity index (χ4v) is 4.89. The molecule has 0 N–H and O–H groups in total. The monoisotopic (exact) mass is 302 g/mol. The SMILES string of the molecule is CC1=CCC2(C)CCC3=C(C)COC(CC(C)CC(=O)C1)C32. The standard InChI is InChI=1S/C20H30O2/c1-13-5-7-20(4)8-6-17-15(3)12-22-18(19(17)20)11-14(2)10-16(21)9-13/h5,14,18-19H,6-12H2,1-4H3. The van der Waals surface area contributed by atoms with Crippen molar-refractivity contribution in [3.05, 3.63) is 22.8 Å². The second-order valence-corrected chi connectivity index (χ2v) is 8.30. The van der Waals surface area contributed by atoms with E-state index in [0.717, 1.165) is 19.4 Å². The van der Waals surface area contributed by atoms with Crippen LogP contribution >= 0.6 is 0 Å². The van der Waals surface area contributed by atoms with Crippen molar-refractivity contribution in [2.24, 2.45) is 17.3 Å². The Balaban J connectivity index is 1.97. The Hall–Kier alpha value is -0.890. The van der Waals surface area contributed by atoms with Crippen LogP contribution in [-0.2, 0) is 9.53 Å². The molecule has 0 saturated heterocycles. The van der Waals surface area contributed by atoms with Gasteiger partial charge in [0.2, 0.25) is 0 Å². The van der Waals surface area contributed by atoms with Crippen LogP contribution in [0.4, 0.5) is 0 Å². The van der Waals surface area contributed by atoms with E-state index in [0.29, 0.717) is 42.0 Å². The van der Waals surface area contributed by atoms with Crippen LogP contribution in [0.3, 0.4) is 0 Å². The lowest BCUT2D eigenvalue weighted by atomic mass is 9.70. The predicted octanol–water partition coefficient (Wildman–Crippen LogP) is 4.84. The third-order valence-electron chi connectivity index (χ3n) is 6.13. The zero-order valence-electron chi connectivity index (χ0n) is 14.6. The first kappa shape index (κ1) is 16.0. The Morgan fingerprint density at radius 2 is 2.09 bits per heavy atom. The molecule has 3 aliphatic rings. The third kappa shape index (κ3) is 2.95. The molecule has 4 unspecified atom stereocenters. The molecule has 1 aliphatic heterocycles. The van der Waals surface area contributed by atoms with E-state index in [1.54, 1.807) is 5.57 Å². The Bertz CT molecular complexity index is 528. The van der Waals surface area contributed by atoms with E-state index >= 15 is 0 Å². The van der Waals surface area contributed by atoms with Crippen molar-refractivity contribution in [2.75, 3.05) is 6.61 Å². The molecule has 0 amide bonds. The van der Waals surface area contributed by atoms with Crippen molar-refractivity contribution in [2.45, 2.75) is 72.3 Å². The number of ether oxygens (including phenoxy) is 1. The number of hydrogen-bond acceptors (Lipinski definition) is 2. The second kappa shape index (κ2) is 5.96. The number of ketones is 1. The van der Waals surface area contributed by atoms with Gasteiger partial charge in [0, 0.05) is 18.8 Å². The molecule has 3 rings (SSSR count). The summed E-state index contributed by atoms with van der Waals surface area (Å²) >= 11 is 0. The summed E-state index contributed by atoms with van der Waals surface area (Å²) in [5.41, 5.74) is 4.69. The van der Waals surface area contributed by atoms with Crippen molar-refractivity contribution < 1.29 is 9.53 Å². The number of allylic oxidation sites excluding steroid dienone is 2. The third-order valence-corrected chi connectivity index (χ3v) is 6.13. The lowest BCUT2D eigenvalue weighted by Gasteiger charge is -2.41. The maximum Gasteiger partial charge on any atom is 0.137 e. The average molecular weight is 302 g/mol. The van der Waals surface area contributed by atoms with Crippen molar-refractivity contribution in [3.8, 4) is 0 Å². The average Bonchev–Trinajstić information content (AvgIpc) is 2.78. The highest BCUT2D eigenvalue weighted by atomic mass is 16.5. The number of Topliss-reactive ketones (excluding diaryl/α,β-unsaturated/α-hetero) is 1. The molecule has 0 aromatic heterocycles. The van der Waals surface area contributed by atoms with Crippen LogP contribution in [0.2, 0.25) is 0 Å². The van der Waals surface area contributed by atoms with Gasteiger partial charge >= 0.3 is 0 Å². The van der Waals surface area contributed by atoms with Crippen molar-refractivity contribution >= 4 is 5.78 Å². The number of hydrogen-bond donors (Lipinski definition) is 0. The van der Waals surface area contributed by atoms with Crippen LogP contribution in [0, 0.1) is 17.3 Å². The Morgan fingerprint density at radius 1 is 1.32 bits per heavy atom. The molecular formula is C20H30O2. The molecule has 0 bridgehead atoms. The minimum Gasteiger partial charge on any atom is -0.373 e. The van der Waals surface area contributed by atoms with Gasteiger partial charge < -0.3 is 4.74 Å². The normalized spacial score (nSPS) is 40.1. The maximum atomic E-state index is 12.2. The Kier molecular flexibility index (Phi) is 4.33. The fourth-order valence-electron chi connectivity index (χ4n) is 4.89. The van der Waals surface area contributed by atoms with Crippen LogP contribution in [-0.4, -0.2) is 18.5 Å². The van der Waals surface area contributed by atoms with Gasteiger partial charge in [0.25, 0.3) is 0 Å². The molecular weight excluding hydrogens is 272 g/mol. The maximum absolute atomic E-state index is 12.2. The summed E-state index contributed by atoms with van der Waals surface area (Å²) in [6.07, 6.45) is 8.59. The molecule has 122 valence electrons. The minimum absolute atomic E-state index is 0.302. The topological polar surface area (TPSA) is 26.3 Å². The van der Waals surface area contributed by atoms with E-state index in [4.69, 9.17) is 4.74 Å². The van der Waals surface area contributed by atoms with Gasteiger partial charge in [-0.05, 0) is 56.4 Å². The smallest absolute Gasteiger partial charge is 0.137 e. The summed E-state index contributed by atoms with van der Waals surface area (Å²) < 4.78 is 6.26. The summed E-state index contributed by atoms with van der Waals surface area (Å²) in [5, 5.41) is 0. The van der Waals surface area contributed by atoms with Gasteiger partial charge in [0.1, 0.15) is 5.78 Å². The highest BCUT2D eigenvalue weighted by Crippen LogP contribution is 2.55. The lowest BCUT2D eigenvalue weighted by molar-refractivity contribution is -0.119. The number of carbonyl (C=O) groups excluding carboxylic acids is 1. The highest BCUT2D eigenvalue weighted by molar-refractivity contribution is 5.80. The van der Waals surface area contributed by atoms with E-state index in [1.807, 2.05) is 0 Å². The van der Waals surface area contributed by atoms with E-state index in [9.17, 15) is 4.79 Å². The molecule has 22 heavy (non-hydrogen) atoms. The predicted molar refractivity (Wildman–Crippen MR) is 89.7 cm³/mol. The first-order valence-corrected chi connectivity index (χ1v) is 8.86. The van der Waals surface area contributed by atoms with Gasteiger partial charge in [-0.25, -0.2) is 0 Å². The quantitative estimate of drug-likeness (QED) is 0.598. The Labute approximate surface area is 135 Å². The molecule has 0 spiro atoms. The van der Waals surface area contributed by atoms with Gasteiger partial charge in [-0.15, -0.1) is 0 Å². The van der Waals surface area contributed by atoms with E-state index in [-0.39, 0.29) is 0 Å². The molecule has 4 atom stereocenters. The largest absolute Gasteiger partial charge is 0.373 e. The summed E-state index contributed by atoms with van der Waals surface area (Å²) in [5.74, 6) is 1.37. The van der Waals surface area contributed by atoms with E-state index in [1.165, 1.54) is 24.0 Å². The second-order valence-electron chi connectivity index (χ2n) is 8.30. The van der Waals surface area contributed by atoms with Crippen LogP contribution in [0.15, 0.2) is 22.8 Å². The van der Waals surface area contributed by atoms with Crippen molar-refractivity contribution in [1.29, 1.82) is 0 Å². The van der Waals surface area contributed by atoms with Gasteiger partial charge in [0.05, 0.1) is 12.7 Å². The first-order valence-electron chi connectivity index (χ1n) is 8.86. The lowest BCUT2D eigenvalue weighted by Crippen LogP contribution is -2.39. The molecule has 1 saturated carbocycles. The van der Waals surface area contributed by atoms with Gasteiger partial charge in [-0.1, -0.05) is 31.1 Å². The zero-order valence-corrected chi connectivity index (χ0v) is 14.6. The van der Waals surface area contributed by atoms with Crippen LogP contribution < -0.4 is 0 Å². The summed E-state index contributed by atoms with van der Waals surface area (Å²) in [6, 6.07) is 0. The Morgan fingerprint density at radius 3 is 2.86 bits per heavy atom. The van der Waals surface area contributed by atoms with E-state index < -0.39 is 0 Å². The molecule has 2 aliphatic carbocycles. The summed E-state index contributed by atoms with van der Waals surface area (Å²) in [4.78, 5) is 12.2. The van der Waals surface area contributed by atoms with Crippen LogP contribution in [0.5, 0.6) is 0 Å². The molecule has 0 radical (unpaired) electrons. The molecule has 2 nitrogen and oxygen atoms in total. The molecule has 1 fully saturated rings. The van der Waals surface area contributed by atoms with Crippen LogP contribution in [0.25, 0.3) is 0 Å². The van der Waals surface area contributed by atoms with Crippen molar-refractivity contribution in [1.82, 2.24) is 0 Å². The van der Waals surface area contributed by atoms with Gasteiger partial charge in [-0.3, -0.25) is 4.79 Å². The highest BCUT2D eigenvalue weighted by Gasteiger charge is 2.48. The molecule has 0 aromatic rings. The fraction of sp³-hybridized carbons (Fsp3) is 0.750. The van der Waals surface area contributed by atoms with E-state index in [2.05, 4.69) is 33.8 Å². The minimum atomic E-state index is 0.302. The summed E-state index contributed by atoms with van der Waals surface area (Å²) in [6.45, 7) is 9.82. The van der Waals surface area contributed by atoms with Crippen LogP contribution in [0.1, 0.15) is 66.2 Å². The van der Waals surface area contributed by atoms with Gasteiger partial charge in [0.15, 0.2) is 0 Å². The number of rotatable bonds is 0. The summed E-state index contributed by atoms with van der Waals surface area (Å²) in [7, 11) is 0. The first-order chi connectivity index (χ1) is 10.4. The van der Waals surface area contributed by atoms with Gasteiger partial charge in [-0.2, -0.15) is 0 Å². The zero-order chi connectivity index (χ0) is 15.9. The molecule has 2 heteroatoms. The molecule has 1 heterocycles. The molecule has 0 aromatic carbocycles.